The second-order valence-corrected chi connectivity index (χ2v) is 12.2. The van der Waals surface area contributed by atoms with Crippen LogP contribution in [0.2, 0.25) is 0 Å². The Morgan fingerprint density at radius 1 is 0.800 bits per heavy atom. The Labute approximate surface area is 153 Å². The molecule has 2 atom stereocenters. The fourth-order valence-corrected chi connectivity index (χ4v) is 6.73. The van der Waals surface area contributed by atoms with E-state index in [0.717, 1.165) is 11.1 Å². The Balaban J connectivity index is 2.59. The molecule has 0 amide bonds. The zero-order valence-corrected chi connectivity index (χ0v) is 17.5. The van der Waals surface area contributed by atoms with Gasteiger partial charge in [0.05, 0.1) is 10.6 Å². The van der Waals surface area contributed by atoms with Gasteiger partial charge in [-0.2, -0.15) is 0 Å². The lowest BCUT2D eigenvalue weighted by atomic mass is 10.2. The topological polar surface area (TPSA) is 74.6 Å². The van der Waals surface area contributed by atoms with Crippen LogP contribution in [0.4, 0.5) is 0 Å². The zero-order chi connectivity index (χ0) is 18.8. The van der Waals surface area contributed by atoms with Crippen LogP contribution in [-0.2, 0) is 9.13 Å². The molecule has 2 N–H and O–H groups in total. The van der Waals surface area contributed by atoms with E-state index in [1.807, 2.05) is 38.1 Å². The highest BCUT2D eigenvalue weighted by Gasteiger charge is 2.26. The van der Waals surface area contributed by atoms with E-state index in [1.165, 1.54) is 11.8 Å². The van der Waals surface area contributed by atoms with Gasteiger partial charge in [0.15, 0.2) is 0 Å². The van der Waals surface area contributed by atoms with Crippen LogP contribution in [0.5, 0.6) is 0 Å². The molecule has 2 unspecified atom stereocenters. The maximum atomic E-state index is 12.6. The smallest absolute Gasteiger partial charge is 0.230 e. The quantitative estimate of drug-likeness (QED) is 0.711. The van der Waals surface area contributed by atoms with Gasteiger partial charge < -0.3 is 9.79 Å². The Morgan fingerprint density at radius 2 is 1.16 bits per heavy atom. The summed E-state index contributed by atoms with van der Waals surface area (Å²) in [5, 5.41) is 0.826. The number of aryl methyl sites for hydroxylation is 2. The highest BCUT2D eigenvalue weighted by atomic mass is 32.2. The van der Waals surface area contributed by atoms with Crippen LogP contribution in [0.3, 0.4) is 0 Å². The predicted octanol–water partition coefficient (Wildman–Crippen LogP) is 4.29. The van der Waals surface area contributed by atoms with E-state index in [9.17, 15) is 18.9 Å². The largest absolute Gasteiger partial charge is 0.341 e. The van der Waals surface area contributed by atoms with Gasteiger partial charge in [0, 0.05) is 22.1 Å². The second kappa shape index (κ2) is 7.82. The van der Waals surface area contributed by atoms with E-state index in [-0.39, 0.29) is 12.3 Å². The molecule has 4 nitrogen and oxygen atoms in total. The Hall–Kier alpha value is -0.830. The molecule has 0 aromatic heterocycles. The standard InChI is InChI=1S/C18H24O4P2S/c1-5-23(19,20)15-11-13(3)7-9-17(15)25-18-10-8-14(4)12-16(18)24(21,22)6-2/h7-12H,5-6H2,1-4H3,(H,19,20)(H,21,22). The summed E-state index contributed by atoms with van der Waals surface area (Å²) in [6.45, 7) is 7.13. The first-order valence-corrected chi connectivity index (χ1v) is 12.6. The van der Waals surface area contributed by atoms with Crippen molar-refractivity contribution in [1.29, 1.82) is 0 Å². The molecule has 0 saturated heterocycles. The number of hydrogen-bond donors (Lipinski definition) is 2. The molecule has 0 bridgehead atoms. The second-order valence-electron chi connectivity index (χ2n) is 6.08. The lowest BCUT2D eigenvalue weighted by Gasteiger charge is -2.18. The average Bonchev–Trinajstić information content (AvgIpc) is 2.57. The molecule has 0 heterocycles. The van der Waals surface area contributed by atoms with E-state index in [0.29, 0.717) is 20.4 Å². The highest BCUT2D eigenvalue weighted by Crippen LogP contribution is 2.46. The van der Waals surface area contributed by atoms with Crippen molar-refractivity contribution in [1.82, 2.24) is 0 Å². The van der Waals surface area contributed by atoms with Gasteiger partial charge >= 0.3 is 0 Å². The van der Waals surface area contributed by atoms with Gasteiger partial charge in [-0.3, -0.25) is 9.13 Å². The molecule has 0 aliphatic heterocycles. The average molecular weight is 398 g/mol. The predicted molar refractivity (Wildman–Crippen MR) is 106 cm³/mol. The zero-order valence-electron chi connectivity index (χ0n) is 14.9. The molecule has 2 aromatic rings. The minimum Gasteiger partial charge on any atom is -0.341 e. The summed E-state index contributed by atoms with van der Waals surface area (Å²) in [7, 11) is -6.90. The Bertz CT molecular complexity index is 808. The van der Waals surface area contributed by atoms with Crippen molar-refractivity contribution in [3.8, 4) is 0 Å². The van der Waals surface area contributed by atoms with Crippen LogP contribution in [0.1, 0.15) is 25.0 Å². The summed E-state index contributed by atoms with van der Waals surface area (Å²) < 4.78 is 25.2. The van der Waals surface area contributed by atoms with Gasteiger partial charge in [-0.25, -0.2) is 0 Å². The molecule has 136 valence electrons. The maximum Gasteiger partial charge on any atom is 0.230 e. The number of rotatable bonds is 6. The minimum atomic E-state index is -3.45. The minimum absolute atomic E-state index is 0.151. The van der Waals surface area contributed by atoms with Gasteiger partial charge in [-0.05, 0) is 38.1 Å². The molecule has 0 aliphatic carbocycles. The molecule has 7 heteroatoms. The van der Waals surface area contributed by atoms with Crippen molar-refractivity contribution >= 4 is 37.1 Å². The molecular weight excluding hydrogens is 374 g/mol. The summed E-state index contributed by atoms with van der Waals surface area (Å²) in [5.74, 6) is 0. The molecular formula is C18H24O4P2S. The van der Waals surface area contributed by atoms with Gasteiger partial charge in [0.1, 0.15) is 0 Å². The summed E-state index contributed by atoms with van der Waals surface area (Å²) in [6, 6.07) is 10.9. The lowest BCUT2D eigenvalue weighted by Crippen LogP contribution is -2.13. The van der Waals surface area contributed by atoms with Gasteiger partial charge in [0.25, 0.3) is 0 Å². The van der Waals surface area contributed by atoms with Crippen LogP contribution < -0.4 is 10.6 Å². The molecule has 0 fully saturated rings. The van der Waals surface area contributed by atoms with Crippen molar-refractivity contribution < 1.29 is 18.9 Å². The first kappa shape index (κ1) is 20.5. The van der Waals surface area contributed by atoms with E-state index in [4.69, 9.17) is 0 Å². The third-order valence-corrected chi connectivity index (χ3v) is 9.47. The fourth-order valence-electron chi connectivity index (χ4n) is 2.43. The van der Waals surface area contributed by atoms with Crippen LogP contribution in [0.15, 0.2) is 46.2 Å². The lowest BCUT2D eigenvalue weighted by molar-refractivity contribution is 0.489. The van der Waals surface area contributed by atoms with Crippen LogP contribution >= 0.6 is 26.5 Å². The van der Waals surface area contributed by atoms with Crippen LogP contribution in [0.25, 0.3) is 0 Å². The molecule has 0 saturated carbocycles. The van der Waals surface area contributed by atoms with E-state index >= 15 is 0 Å². The SMILES string of the molecule is CCP(=O)(O)c1cc(C)ccc1Sc1ccc(C)cc1P(=O)(O)CC. The monoisotopic (exact) mass is 398 g/mol. The van der Waals surface area contributed by atoms with E-state index in [1.54, 1.807) is 26.0 Å². The van der Waals surface area contributed by atoms with Gasteiger partial charge in [0.2, 0.25) is 14.7 Å². The molecule has 2 aromatic carbocycles. The van der Waals surface area contributed by atoms with E-state index < -0.39 is 14.7 Å². The normalized spacial score (nSPS) is 16.2. The number of benzene rings is 2. The first-order valence-electron chi connectivity index (χ1n) is 8.14. The van der Waals surface area contributed by atoms with Gasteiger partial charge in [-0.15, -0.1) is 0 Å². The van der Waals surface area contributed by atoms with E-state index in [2.05, 4.69) is 0 Å². The van der Waals surface area contributed by atoms with Crippen molar-refractivity contribution in [3.05, 3.63) is 47.5 Å². The molecule has 0 radical (unpaired) electrons. The molecule has 25 heavy (non-hydrogen) atoms. The van der Waals surface area contributed by atoms with Crippen LogP contribution in [-0.4, -0.2) is 22.1 Å². The third kappa shape index (κ3) is 4.67. The summed E-state index contributed by atoms with van der Waals surface area (Å²) >= 11 is 1.28. The first-order chi connectivity index (χ1) is 11.6. The summed E-state index contributed by atoms with van der Waals surface area (Å²) in [6.07, 6.45) is 0.302. The fraction of sp³-hybridized carbons (Fsp3) is 0.333. The van der Waals surface area contributed by atoms with Crippen molar-refractivity contribution in [3.63, 3.8) is 0 Å². The molecule has 0 spiro atoms. The molecule has 0 aliphatic rings. The van der Waals surface area contributed by atoms with Crippen molar-refractivity contribution in [2.75, 3.05) is 12.3 Å². The summed E-state index contributed by atoms with van der Waals surface area (Å²) in [4.78, 5) is 22.0. The van der Waals surface area contributed by atoms with Crippen molar-refractivity contribution in [2.45, 2.75) is 37.5 Å². The highest BCUT2D eigenvalue weighted by molar-refractivity contribution is 8.00. The van der Waals surface area contributed by atoms with Crippen LogP contribution in [0, 0.1) is 13.8 Å². The number of hydrogen-bond acceptors (Lipinski definition) is 3. The van der Waals surface area contributed by atoms with Gasteiger partial charge in [-0.1, -0.05) is 48.9 Å². The maximum absolute atomic E-state index is 12.6. The summed E-state index contributed by atoms with van der Waals surface area (Å²) in [5.41, 5.74) is 1.82. The molecule has 2 rings (SSSR count). The Morgan fingerprint density at radius 3 is 1.48 bits per heavy atom. The van der Waals surface area contributed by atoms with Crippen molar-refractivity contribution in [2.24, 2.45) is 0 Å². The Kier molecular flexibility index (Phi) is 6.40. The third-order valence-electron chi connectivity index (χ3n) is 4.06.